The van der Waals surface area contributed by atoms with Gasteiger partial charge in [0.1, 0.15) is 5.75 Å². The number of methoxy groups -OCH3 is 1. The second-order valence-electron chi connectivity index (χ2n) is 4.34. The van der Waals surface area contributed by atoms with Crippen molar-refractivity contribution in [1.82, 2.24) is 0 Å². The van der Waals surface area contributed by atoms with E-state index in [-0.39, 0.29) is 12.5 Å². The number of nitrogens with one attached hydrogen (secondary N) is 1. The number of hydrogen-bond acceptors (Lipinski definition) is 4. The summed E-state index contributed by atoms with van der Waals surface area (Å²) < 4.78 is 9.93. The van der Waals surface area contributed by atoms with Crippen molar-refractivity contribution in [3.05, 3.63) is 59.1 Å². The van der Waals surface area contributed by atoms with Crippen molar-refractivity contribution in [2.24, 2.45) is 0 Å². The number of carbonyl (C=O) groups excluding carboxylic acids is 2. The minimum atomic E-state index is -0.431. The zero-order chi connectivity index (χ0) is 15.9. The highest BCUT2D eigenvalue weighted by atomic mass is 35.5. The van der Waals surface area contributed by atoms with Gasteiger partial charge in [0.25, 0.3) is 5.91 Å². The fourth-order valence-corrected chi connectivity index (χ4v) is 1.90. The summed E-state index contributed by atoms with van der Waals surface area (Å²) in [6, 6.07) is 13.3. The molecule has 0 aliphatic rings. The number of hydrogen-bond donors (Lipinski definition) is 1. The summed E-state index contributed by atoms with van der Waals surface area (Å²) in [6.07, 6.45) is 0. The molecule has 0 radical (unpaired) electrons. The topological polar surface area (TPSA) is 64.6 Å². The number of rotatable bonds is 5. The Kier molecular flexibility index (Phi) is 5.38. The number of benzene rings is 2. The molecule has 0 saturated carbocycles. The van der Waals surface area contributed by atoms with Gasteiger partial charge in [0.15, 0.2) is 6.61 Å². The van der Waals surface area contributed by atoms with E-state index >= 15 is 0 Å². The van der Waals surface area contributed by atoms with E-state index in [1.807, 2.05) is 0 Å². The molecule has 2 aromatic rings. The first-order valence-electron chi connectivity index (χ1n) is 6.45. The molecule has 0 spiro atoms. The molecule has 114 valence electrons. The van der Waals surface area contributed by atoms with Crippen molar-refractivity contribution in [2.45, 2.75) is 0 Å². The van der Waals surface area contributed by atoms with Gasteiger partial charge in [-0.25, -0.2) is 4.79 Å². The normalized spacial score (nSPS) is 9.91. The molecule has 0 atom stereocenters. The van der Waals surface area contributed by atoms with E-state index in [1.165, 1.54) is 7.11 Å². The third-order valence-corrected chi connectivity index (χ3v) is 3.10. The Morgan fingerprint density at radius 2 is 1.77 bits per heavy atom. The van der Waals surface area contributed by atoms with Gasteiger partial charge in [-0.2, -0.15) is 0 Å². The van der Waals surface area contributed by atoms with Gasteiger partial charge >= 0.3 is 5.97 Å². The van der Waals surface area contributed by atoms with Gasteiger partial charge in [0.2, 0.25) is 0 Å². The van der Waals surface area contributed by atoms with Gasteiger partial charge in [-0.05, 0) is 36.4 Å². The van der Waals surface area contributed by atoms with E-state index in [4.69, 9.17) is 16.3 Å². The lowest BCUT2D eigenvalue weighted by molar-refractivity contribution is -0.118. The van der Waals surface area contributed by atoms with Crippen LogP contribution in [0.1, 0.15) is 10.4 Å². The molecule has 0 saturated heterocycles. The number of para-hydroxylation sites is 1. The molecule has 1 N–H and O–H groups in total. The van der Waals surface area contributed by atoms with E-state index in [0.29, 0.717) is 22.0 Å². The summed E-state index contributed by atoms with van der Waals surface area (Å²) in [5.41, 5.74) is 0.966. The van der Waals surface area contributed by atoms with Gasteiger partial charge in [0.05, 0.1) is 17.7 Å². The van der Waals surface area contributed by atoms with Crippen LogP contribution in [-0.2, 0) is 9.53 Å². The lowest BCUT2D eigenvalue weighted by atomic mass is 10.2. The Bertz CT molecular complexity index is 670. The van der Waals surface area contributed by atoms with Crippen LogP contribution in [0.5, 0.6) is 5.75 Å². The van der Waals surface area contributed by atoms with Crippen LogP contribution in [0.25, 0.3) is 0 Å². The molecule has 0 fully saturated rings. The summed E-state index contributed by atoms with van der Waals surface area (Å²) in [5, 5.41) is 3.10. The third kappa shape index (κ3) is 4.23. The molecule has 0 bridgehead atoms. The summed E-state index contributed by atoms with van der Waals surface area (Å²) in [6.45, 7) is -0.164. The molecule has 22 heavy (non-hydrogen) atoms. The maximum atomic E-state index is 11.8. The minimum Gasteiger partial charge on any atom is -0.482 e. The van der Waals surface area contributed by atoms with Crippen LogP contribution in [0, 0.1) is 0 Å². The van der Waals surface area contributed by atoms with Crippen LogP contribution in [0.15, 0.2) is 48.5 Å². The first-order chi connectivity index (χ1) is 10.6. The highest BCUT2D eigenvalue weighted by Gasteiger charge is 2.08. The Hall–Kier alpha value is -2.53. The molecule has 6 heteroatoms. The first kappa shape index (κ1) is 15.9. The van der Waals surface area contributed by atoms with Crippen LogP contribution in [0.3, 0.4) is 0 Å². The standard InChI is InChI=1S/C16H14ClNO4/c1-21-16(20)11-6-8-12(9-7-11)18-15(19)10-22-14-5-3-2-4-13(14)17/h2-9H,10H2,1H3,(H,18,19). The number of esters is 1. The van der Waals surface area contributed by atoms with E-state index < -0.39 is 5.97 Å². The second-order valence-corrected chi connectivity index (χ2v) is 4.74. The maximum absolute atomic E-state index is 11.8. The summed E-state index contributed by atoms with van der Waals surface area (Å²) in [5.74, 6) is -0.314. The van der Waals surface area contributed by atoms with Crippen LogP contribution < -0.4 is 10.1 Å². The maximum Gasteiger partial charge on any atom is 0.337 e. The SMILES string of the molecule is COC(=O)c1ccc(NC(=O)COc2ccccc2Cl)cc1. The van der Waals surface area contributed by atoms with Gasteiger partial charge in [0, 0.05) is 5.69 Å². The molecule has 1 amide bonds. The lowest BCUT2D eigenvalue weighted by Crippen LogP contribution is -2.20. The molecular weight excluding hydrogens is 306 g/mol. The van der Waals surface area contributed by atoms with Crippen molar-refractivity contribution < 1.29 is 19.1 Å². The largest absolute Gasteiger partial charge is 0.482 e. The number of halogens is 1. The van der Waals surface area contributed by atoms with Crippen molar-refractivity contribution in [3.63, 3.8) is 0 Å². The minimum absolute atomic E-state index is 0.164. The van der Waals surface area contributed by atoms with E-state index in [0.717, 1.165) is 0 Å². The van der Waals surface area contributed by atoms with Crippen molar-refractivity contribution in [3.8, 4) is 5.75 Å². The summed E-state index contributed by atoms with van der Waals surface area (Å²) >= 11 is 5.93. The summed E-state index contributed by atoms with van der Waals surface area (Å²) in [4.78, 5) is 23.1. The Balaban J connectivity index is 1.89. The van der Waals surface area contributed by atoms with Crippen molar-refractivity contribution >= 4 is 29.2 Å². The Labute approximate surface area is 132 Å². The zero-order valence-electron chi connectivity index (χ0n) is 11.8. The monoisotopic (exact) mass is 319 g/mol. The summed E-state index contributed by atoms with van der Waals surface area (Å²) in [7, 11) is 1.31. The van der Waals surface area contributed by atoms with Gasteiger partial charge < -0.3 is 14.8 Å². The molecule has 0 aromatic heterocycles. The Morgan fingerprint density at radius 1 is 1.09 bits per heavy atom. The molecular formula is C16H14ClNO4. The molecule has 2 aromatic carbocycles. The fourth-order valence-electron chi connectivity index (χ4n) is 1.71. The molecule has 0 aliphatic heterocycles. The highest BCUT2D eigenvalue weighted by Crippen LogP contribution is 2.22. The molecule has 0 unspecified atom stereocenters. The third-order valence-electron chi connectivity index (χ3n) is 2.79. The van der Waals surface area contributed by atoms with Crippen LogP contribution in [0.2, 0.25) is 5.02 Å². The molecule has 5 nitrogen and oxygen atoms in total. The average Bonchev–Trinajstić information content (AvgIpc) is 2.54. The number of carbonyl (C=O) groups is 2. The number of ether oxygens (including phenoxy) is 2. The quantitative estimate of drug-likeness (QED) is 0.860. The molecule has 0 heterocycles. The van der Waals surface area contributed by atoms with E-state index in [1.54, 1.807) is 48.5 Å². The lowest BCUT2D eigenvalue weighted by Gasteiger charge is -2.09. The number of anilines is 1. The Morgan fingerprint density at radius 3 is 2.41 bits per heavy atom. The molecule has 0 aliphatic carbocycles. The zero-order valence-corrected chi connectivity index (χ0v) is 12.6. The van der Waals surface area contributed by atoms with E-state index in [2.05, 4.69) is 10.1 Å². The van der Waals surface area contributed by atoms with Gasteiger partial charge in [-0.15, -0.1) is 0 Å². The van der Waals surface area contributed by atoms with Crippen LogP contribution in [-0.4, -0.2) is 25.6 Å². The second kappa shape index (κ2) is 7.47. The van der Waals surface area contributed by atoms with Gasteiger partial charge in [-0.3, -0.25) is 4.79 Å². The number of amides is 1. The highest BCUT2D eigenvalue weighted by molar-refractivity contribution is 6.32. The van der Waals surface area contributed by atoms with Crippen molar-refractivity contribution in [2.75, 3.05) is 19.0 Å². The van der Waals surface area contributed by atoms with Crippen LogP contribution >= 0.6 is 11.6 Å². The molecule has 2 rings (SSSR count). The fraction of sp³-hybridized carbons (Fsp3) is 0.125. The predicted octanol–water partition coefficient (Wildman–Crippen LogP) is 3.14. The predicted molar refractivity (Wildman–Crippen MR) is 83.4 cm³/mol. The van der Waals surface area contributed by atoms with Gasteiger partial charge in [-0.1, -0.05) is 23.7 Å². The van der Waals surface area contributed by atoms with E-state index in [9.17, 15) is 9.59 Å². The van der Waals surface area contributed by atoms with Crippen LogP contribution in [0.4, 0.5) is 5.69 Å². The first-order valence-corrected chi connectivity index (χ1v) is 6.83. The smallest absolute Gasteiger partial charge is 0.337 e. The average molecular weight is 320 g/mol. The van der Waals surface area contributed by atoms with Crippen molar-refractivity contribution in [1.29, 1.82) is 0 Å².